The van der Waals surface area contributed by atoms with Gasteiger partial charge in [-0.15, -0.1) is 0 Å². The molecule has 1 N–H and O–H groups in total. The molecule has 0 aliphatic carbocycles. The van der Waals surface area contributed by atoms with Gasteiger partial charge in [0.1, 0.15) is 23.3 Å². The van der Waals surface area contributed by atoms with Crippen LogP contribution in [0.25, 0.3) is 16.7 Å². The monoisotopic (exact) mass is 323 g/mol. The second kappa shape index (κ2) is 5.05. The van der Waals surface area contributed by atoms with E-state index < -0.39 is 5.91 Å². The molecule has 0 unspecified atom stereocenters. The largest absolute Gasteiger partial charge is 0.363 e. The molecule has 0 saturated heterocycles. The van der Waals surface area contributed by atoms with Gasteiger partial charge in [0, 0.05) is 19.3 Å². The number of nitrogens with zero attached hydrogens (tertiary/aromatic N) is 4. The van der Waals surface area contributed by atoms with Crippen molar-refractivity contribution < 1.29 is 9.32 Å². The molecule has 0 radical (unpaired) electrons. The SMILES string of the molecule is Cc1ccc2nc3c(cc(C(=O)Nc4ccon4)n3C)c(=O)n2c1. The second-order valence-electron chi connectivity index (χ2n) is 5.52. The number of anilines is 1. The second-order valence-corrected chi connectivity index (χ2v) is 5.52. The normalized spacial score (nSPS) is 11.2. The molecule has 24 heavy (non-hydrogen) atoms. The smallest absolute Gasteiger partial charge is 0.273 e. The van der Waals surface area contributed by atoms with Crippen LogP contribution in [0.5, 0.6) is 0 Å². The molecule has 0 spiro atoms. The van der Waals surface area contributed by atoms with Gasteiger partial charge in [0.2, 0.25) is 0 Å². The first-order chi connectivity index (χ1) is 11.5. The van der Waals surface area contributed by atoms with Crippen LogP contribution in [-0.2, 0) is 7.05 Å². The summed E-state index contributed by atoms with van der Waals surface area (Å²) < 4.78 is 7.76. The van der Waals surface area contributed by atoms with Gasteiger partial charge < -0.3 is 14.4 Å². The molecule has 4 heterocycles. The zero-order valence-electron chi connectivity index (χ0n) is 13.0. The molecule has 1 amide bonds. The van der Waals surface area contributed by atoms with Gasteiger partial charge in [-0.3, -0.25) is 14.0 Å². The van der Waals surface area contributed by atoms with Gasteiger partial charge in [-0.05, 0) is 24.6 Å². The highest BCUT2D eigenvalue weighted by Gasteiger charge is 2.18. The number of hydrogen-bond donors (Lipinski definition) is 1. The van der Waals surface area contributed by atoms with Crippen LogP contribution < -0.4 is 10.9 Å². The lowest BCUT2D eigenvalue weighted by Crippen LogP contribution is -2.16. The third kappa shape index (κ3) is 2.08. The van der Waals surface area contributed by atoms with Gasteiger partial charge in [-0.2, -0.15) is 0 Å². The number of aryl methyl sites for hydroxylation is 2. The minimum absolute atomic E-state index is 0.213. The summed E-state index contributed by atoms with van der Waals surface area (Å²) in [6.45, 7) is 1.90. The van der Waals surface area contributed by atoms with E-state index in [4.69, 9.17) is 0 Å². The zero-order chi connectivity index (χ0) is 16.8. The Labute approximate surface area is 135 Å². The number of fused-ring (bicyclic) bond motifs is 2. The highest BCUT2D eigenvalue weighted by molar-refractivity contribution is 6.05. The Balaban J connectivity index is 1.91. The Hall–Kier alpha value is -3.42. The molecule has 4 aromatic rings. The lowest BCUT2D eigenvalue weighted by molar-refractivity contribution is 0.101. The van der Waals surface area contributed by atoms with E-state index in [1.54, 1.807) is 23.9 Å². The van der Waals surface area contributed by atoms with E-state index in [-0.39, 0.29) is 5.56 Å². The lowest BCUT2D eigenvalue weighted by atomic mass is 10.3. The maximum absolute atomic E-state index is 12.7. The number of carbonyl (C=O) groups excluding carboxylic acids is 1. The highest BCUT2D eigenvalue weighted by Crippen LogP contribution is 2.16. The predicted molar refractivity (Wildman–Crippen MR) is 87.1 cm³/mol. The van der Waals surface area contributed by atoms with Crippen molar-refractivity contribution in [2.45, 2.75) is 6.92 Å². The van der Waals surface area contributed by atoms with Crippen LogP contribution in [0.1, 0.15) is 16.1 Å². The molecule has 120 valence electrons. The standard InChI is InChI=1S/C16H13N5O3/c1-9-3-4-13-18-14-10(16(23)21(13)8-9)7-11(20(14)2)15(22)17-12-5-6-24-19-12/h3-8H,1-2H3,(H,17,19,22). The van der Waals surface area contributed by atoms with Gasteiger partial charge in [-0.1, -0.05) is 11.2 Å². The summed E-state index contributed by atoms with van der Waals surface area (Å²) in [7, 11) is 1.69. The average molecular weight is 323 g/mol. The van der Waals surface area contributed by atoms with E-state index in [0.29, 0.717) is 28.2 Å². The van der Waals surface area contributed by atoms with Crippen molar-refractivity contribution in [3.05, 3.63) is 58.3 Å². The molecule has 0 saturated carbocycles. The molecule has 4 aromatic heterocycles. The van der Waals surface area contributed by atoms with Gasteiger partial charge in [0.05, 0.1) is 5.39 Å². The molecule has 0 aromatic carbocycles. The third-order valence-electron chi connectivity index (χ3n) is 3.86. The Morgan fingerprint density at radius 3 is 2.88 bits per heavy atom. The maximum atomic E-state index is 12.7. The first-order valence-electron chi connectivity index (χ1n) is 7.25. The summed E-state index contributed by atoms with van der Waals surface area (Å²) in [6.07, 6.45) is 3.09. The Kier molecular flexibility index (Phi) is 2.99. The molecule has 0 bridgehead atoms. The number of amides is 1. The zero-order valence-corrected chi connectivity index (χ0v) is 13.0. The minimum atomic E-state index is -0.394. The first-order valence-corrected chi connectivity index (χ1v) is 7.25. The van der Waals surface area contributed by atoms with Crippen molar-refractivity contribution in [3.8, 4) is 0 Å². The summed E-state index contributed by atoms with van der Waals surface area (Å²) in [5.41, 5.74) is 2.03. The predicted octanol–water partition coefficient (Wildman–Crippen LogP) is 1.73. The number of nitrogens with one attached hydrogen (secondary N) is 1. The number of rotatable bonds is 2. The van der Waals surface area contributed by atoms with Crippen LogP contribution in [0.2, 0.25) is 0 Å². The molecular formula is C16H13N5O3. The molecule has 0 aliphatic heterocycles. The maximum Gasteiger partial charge on any atom is 0.273 e. The fourth-order valence-corrected chi connectivity index (χ4v) is 2.65. The number of aromatic nitrogens is 4. The highest BCUT2D eigenvalue weighted by atomic mass is 16.5. The summed E-state index contributed by atoms with van der Waals surface area (Å²) in [5.74, 6) is -0.0928. The molecule has 8 nitrogen and oxygen atoms in total. The van der Waals surface area contributed by atoms with E-state index >= 15 is 0 Å². The summed E-state index contributed by atoms with van der Waals surface area (Å²) >= 11 is 0. The topological polar surface area (TPSA) is 94.4 Å². The van der Waals surface area contributed by atoms with Crippen LogP contribution in [0, 0.1) is 6.92 Å². The van der Waals surface area contributed by atoms with Crippen molar-refractivity contribution >= 4 is 28.4 Å². The number of pyridine rings is 1. The molecule has 0 aliphatic rings. The van der Waals surface area contributed by atoms with E-state index in [0.717, 1.165) is 5.56 Å². The fraction of sp³-hybridized carbons (Fsp3) is 0.125. The first kappa shape index (κ1) is 14.2. The summed E-state index contributed by atoms with van der Waals surface area (Å²) in [4.78, 5) is 29.6. The van der Waals surface area contributed by atoms with Gasteiger partial charge >= 0.3 is 0 Å². The fourth-order valence-electron chi connectivity index (χ4n) is 2.65. The molecular weight excluding hydrogens is 310 g/mol. The van der Waals surface area contributed by atoms with Crippen LogP contribution >= 0.6 is 0 Å². The summed E-state index contributed by atoms with van der Waals surface area (Å²) in [5, 5.41) is 6.63. The minimum Gasteiger partial charge on any atom is -0.363 e. The molecule has 8 heteroatoms. The Morgan fingerprint density at radius 1 is 1.29 bits per heavy atom. The van der Waals surface area contributed by atoms with E-state index in [9.17, 15) is 9.59 Å². The lowest BCUT2D eigenvalue weighted by Gasteiger charge is -2.04. The Bertz CT molecular complexity index is 1140. The van der Waals surface area contributed by atoms with Crippen molar-refractivity contribution in [1.82, 2.24) is 19.1 Å². The number of hydrogen-bond acceptors (Lipinski definition) is 5. The van der Waals surface area contributed by atoms with E-state index in [1.165, 1.54) is 22.8 Å². The third-order valence-corrected chi connectivity index (χ3v) is 3.86. The van der Waals surface area contributed by atoms with Crippen LogP contribution in [0.4, 0.5) is 5.82 Å². The van der Waals surface area contributed by atoms with Crippen LogP contribution in [0.15, 0.2) is 46.0 Å². The Morgan fingerprint density at radius 2 is 2.12 bits per heavy atom. The molecule has 4 rings (SSSR count). The van der Waals surface area contributed by atoms with Gasteiger partial charge in [0.25, 0.3) is 11.5 Å². The van der Waals surface area contributed by atoms with Gasteiger partial charge in [0.15, 0.2) is 5.82 Å². The van der Waals surface area contributed by atoms with Gasteiger partial charge in [-0.25, -0.2) is 4.98 Å². The molecule has 0 atom stereocenters. The van der Waals surface area contributed by atoms with Crippen LogP contribution in [0.3, 0.4) is 0 Å². The van der Waals surface area contributed by atoms with Crippen molar-refractivity contribution in [2.75, 3.05) is 5.32 Å². The van der Waals surface area contributed by atoms with E-state index in [2.05, 4.69) is 20.0 Å². The molecule has 0 fully saturated rings. The van der Waals surface area contributed by atoms with Crippen LogP contribution in [-0.4, -0.2) is 25.0 Å². The average Bonchev–Trinajstić information content (AvgIpc) is 3.17. The summed E-state index contributed by atoms with van der Waals surface area (Å²) in [6, 6.07) is 6.73. The number of carbonyl (C=O) groups is 1. The van der Waals surface area contributed by atoms with Crippen molar-refractivity contribution in [2.24, 2.45) is 7.05 Å². The van der Waals surface area contributed by atoms with Crippen molar-refractivity contribution in [1.29, 1.82) is 0 Å². The quantitative estimate of drug-likeness (QED) is 0.606. The van der Waals surface area contributed by atoms with E-state index in [1.807, 2.05) is 13.0 Å². The van der Waals surface area contributed by atoms with Crippen molar-refractivity contribution in [3.63, 3.8) is 0 Å².